The van der Waals surface area contributed by atoms with E-state index in [1.54, 1.807) is 24.8 Å². The quantitative estimate of drug-likeness (QED) is 0.110. The van der Waals surface area contributed by atoms with Gasteiger partial charge in [0.1, 0.15) is 70.6 Å². The lowest BCUT2D eigenvalue weighted by Gasteiger charge is -2.47. The molecule has 4 aromatic heterocycles. The number of carbonyl (C=O) groups excluding carboxylic acids is 10. The number of nitrogens with two attached hydrogens (primary N) is 4. The Morgan fingerprint density at radius 3 is 1.22 bits per heavy atom. The number of allylic oxidation sites excluding steroid dienone is 14. The fraction of sp³-hybridized carbons (Fsp3) is 0.389. The Balaban J connectivity index is 0.000000105. The third-order valence-corrected chi connectivity index (χ3v) is 32.8. The average molecular weight is 1740 g/mol. The zero-order chi connectivity index (χ0) is 89.9. The van der Waals surface area contributed by atoms with Crippen molar-refractivity contribution in [2.45, 2.75) is 179 Å². The molecular weight excluding hydrogens is 1630 g/mol. The van der Waals surface area contributed by atoms with Crippen molar-refractivity contribution in [3.8, 4) is 0 Å². The zero-order valence-electron chi connectivity index (χ0n) is 73.3. The van der Waals surface area contributed by atoms with Crippen LogP contribution < -0.4 is 22.9 Å². The number of hydrogen-bond donors (Lipinski definition) is 4. The maximum Gasteiger partial charge on any atom is 0.221 e. The van der Waals surface area contributed by atoms with Gasteiger partial charge in [-0.2, -0.15) is 0 Å². The number of Topliss-reactive ketones (excluding diaryl/α,β-unsaturated/α-hetero) is 8. The molecule has 8 N–H and O–H groups in total. The summed E-state index contributed by atoms with van der Waals surface area (Å²) in [6, 6.07) is 32.7. The van der Waals surface area contributed by atoms with Gasteiger partial charge in [0.15, 0.2) is 23.1 Å². The van der Waals surface area contributed by atoms with E-state index in [2.05, 4.69) is 114 Å². The van der Waals surface area contributed by atoms with Crippen molar-refractivity contribution in [3.63, 3.8) is 0 Å². The third kappa shape index (κ3) is 13.9. The van der Waals surface area contributed by atoms with E-state index in [1.165, 1.54) is 5.57 Å². The van der Waals surface area contributed by atoms with Crippen molar-refractivity contribution in [3.05, 3.63) is 285 Å². The van der Waals surface area contributed by atoms with Gasteiger partial charge in [0.25, 0.3) is 0 Å². The first-order chi connectivity index (χ1) is 62.7. The van der Waals surface area contributed by atoms with Gasteiger partial charge in [0, 0.05) is 195 Å². The van der Waals surface area contributed by atoms with Crippen LogP contribution in [0.2, 0.25) is 0 Å². The molecule has 6 fully saturated rings. The molecule has 4 aromatic carbocycles. The Morgan fingerprint density at radius 2 is 0.754 bits per heavy atom. The Kier molecular flexibility index (Phi) is 20.8. The molecule has 0 radical (unpaired) electrons. The molecule has 4 aliphatic heterocycles. The number of ether oxygens (including phenoxy) is 4. The third-order valence-electron chi connectivity index (χ3n) is 32.8. The van der Waals surface area contributed by atoms with Crippen molar-refractivity contribution in [2.75, 3.05) is 13.1 Å². The molecule has 660 valence electrons. The first kappa shape index (κ1) is 84.2. The minimum Gasteiger partial charge on any atom is -0.489 e. The largest absolute Gasteiger partial charge is 0.489 e. The van der Waals surface area contributed by atoms with E-state index < -0.39 is 29.1 Å². The van der Waals surface area contributed by atoms with Crippen molar-refractivity contribution in [1.29, 1.82) is 0 Å². The highest BCUT2D eigenvalue weighted by Gasteiger charge is 2.63. The van der Waals surface area contributed by atoms with Crippen LogP contribution in [0.4, 0.5) is 0 Å². The maximum absolute atomic E-state index is 13.5. The topological polar surface area (TPSA) is 363 Å². The van der Waals surface area contributed by atoms with Crippen LogP contribution in [-0.4, -0.2) is 116 Å². The molecule has 24 rings (SSSR count). The second-order valence-corrected chi connectivity index (χ2v) is 40.1. The molecule has 130 heavy (non-hydrogen) atoms. The summed E-state index contributed by atoms with van der Waals surface area (Å²) in [5.74, 6) is 1.19. The molecule has 16 aliphatic rings. The standard InChI is InChI=1S/C27H26N2O4.C27H24N2O4.C27H28N2O3.C27H26N2O3/c2*1-27-6-4-16-9-19-21(30)10-17(26(28)32)11-23(19)33-25(16)20(27)12-22(31)24(27)15-3-2-14-5-7-29-13-18(14)8-15;2*1-27-7-5-16-11-20-22(30)9-15(13-28)10-24(20)32-26(16)21(27)12-23(31)25(27)19-4-2-3-17-14-29-8-6-18(17)19/h2-3,5,7-9,13,17,20,24-25H,4,6,10-12H2,1H3,(H2,28,32);2-9,13,17,20,24-25H,10-12H2,1H3,(H2,28,32);2-4,6,8,11,14-15,21,25-26H,5,7,9-10,12-13,28H2,1H3;2-8,11,14-15,21,25-26H,9-10,12-13,28H2,1H3/t2*17?,20-,24-,25+,27-;2*15?,21-,25-,26+,27-/m0000/s1. The smallest absolute Gasteiger partial charge is 0.221 e. The lowest BCUT2D eigenvalue weighted by atomic mass is 9.60. The minimum atomic E-state index is -0.541. The van der Waals surface area contributed by atoms with Crippen LogP contribution in [0.1, 0.15) is 176 Å². The highest BCUT2D eigenvalue weighted by Crippen LogP contribution is 2.65. The van der Waals surface area contributed by atoms with Gasteiger partial charge in [-0.25, -0.2) is 0 Å². The van der Waals surface area contributed by atoms with Gasteiger partial charge >= 0.3 is 0 Å². The number of benzene rings is 4. The van der Waals surface area contributed by atoms with E-state index in [1.807, 2.05) is 104 Å². The van der Waals surface area contributed by atoms with Crippen LogP contribution in [0, 0.1) is 69.0 Å². The number of rotatable bonds is 8. The lowest BCUT2D eigenvalue weighted by molar-refractivity contribution is -0.127. The Hall–Kier alpha value is -12.7. The maximum atomic E-state index is 13.5. The summed E-state index contributed by atoms with van der Waals surface area (Å²) >= 11 is 0. The highest BCUT2D eigenvalue weighted by molar-refractivity contribution is 6.06. The summed E-state index contributed by atoms with van der Waals surface area (Å²) in [6.07, 6.45) is 38.5. The number of amides is 2. The minimum absolute atomic E-state index is 0.0238. The zero-order valence-corrected chi connectivity index (χ0v) is 73.3. The first-order valence-electron chi connectivity index (χ1n) is 46.1. The number of pyridine rings is 4. The van der Waals surface area contributed by atoms with E-state index in [9.17, 15) is 47.9 Å². The summed E-state index contributed by atoms with van der Waals surface area (Å²) in [7, 11) is 0. The van der Waals surface area contributed by atoms with Gasteiger partial charge in [-0.3, -0.25) is 67.9 Å². The number of nitrogens with zero attached hydrogens (tertiary/aromatic N) is 4. The average Bonchev–Trinajstić information content (AvgIpc) is 1.56. The molecule has 8 aromatic rings. The number of primary amides is 2. The van der Waals surface area contributed by atoms with E-state index in [0.717, 1.165) is 131 Å². The molecular formula is C108H104N8O14. The van der Waals surface area contributed by atoms with Gasteiger partial charge in [0.2, 0.25) is 11.8 Å². The SMILES string of the molecule is C[C@]12C=CC3=CC4=C(CC(C(N)=O)CC4=O)O[C@H]3[C@@H]1CC(=O)[C@@H]2c1ccc2ccncc2c1.C[C@]12C=CC3=CC4=C(CC(CN)CC4=O)O[C@H]3[C@@H]1CC(=O)[C@@H]2c1cccc2cnccc12.C[C@]12CCC3=CC4=C(CC(C(N)=O)CC4=O)O[C@H]3[C@@H]1CC(=O)[C@@H]2c1ccc2ccncc2c1.C[C@]12CCC3=CC4=C(CC(CN)CC4=O)O[C@H]3[C@@H]1CC(=O)[C@@H]2c1cccc2cnccc12. The van der Waals surface area contributed by atoms with Gasteiger partial charge in [-0.15, -0.1) is 0 Å². The fourth-order valence-electron chi connectivity index (χ4n) is 25.8. The van der Waals surface area contributed by atoms with Crippen LogP contribution in [0.5, 0.6) is 0 Å². The van der Waals surface area contributed by atoms with Crippen LogP contribution in [0.25, 0.3) is 43.1 Å². The van der Waals surface area contributed by atoms with Crippen molar-refractivity contribution in [2.24, 2.45) is 91.9 Å². The molecule has 0 saturated heterocycles. The lowest BCUT2D eigenvalue weighted by Crippen LogP contribution is -2.44. The predicted octanol–water partition coefficient (Wildman–Crippen LogP) is 15.5. The molecule has 12 aliphatic carbocycles. The second-order valence-electron chi connectivity index (χ2n) is 40.1. The number of ketones is 8. The molecule has 8 heterocycles. The first-order valence-corrected chi connectivity index (χ1v) is 46.1. The summed E-state index contributed by atoms with van der Waals surface area (Å²) in [5, 5.41) is 8.55. The molecule has 22 nitrogen and oxygen atoms in total. The number of carbonyl (C=O) groups is 10. The predicted molar refractivity (Wildman–Crippen MR) is 487 cm³/mol. The Morgan fingerprint density at radius 1 is 0.377 bits per heavy atom. The molecule has 6 saturated carbocycles. The normalized spacial score (nSPS) is 33.3. The van der Waals surface area contributed by atoms with Crippen molar-refractivity contribution < 1.29 is 66.9 Å². The van der Waals surface area contributed by atoms with E-state index in [4.69, 9.17) is 41.9 Å². The molecule has 4 unspecified atom stereocenters. The summed E-state index contributed by atoms with van der Waals surface area (Å²) in [6.45, 7) is 9.76. The molecule has 20 atom stereocenters. The van der Waals surface area contributed by atoms with Gasteiger partial charge in [-0.05, 0) is 188 Å². The Labute approximate surface area is 752 Å². The van der Waals surface area contributed by atoms with Crippen LogP contribution in [0.15, 0.2) is 263 Å². The van der Waals surface area contributed by atoms with Crippen LogP contribution in [-0.2, 0) is 66.9 Å². The molecule has 0 spiro atoms. The van der Waals surface area contributed by atoms with Crippen LogP contribution in [0.3, 0.4) is 0 Å². The van der Waals surface area contributed by atoms with E-state index >= 15 is 0 Å². The Bertz CT molecular complexity index is 6660. The number of fused-ring (bicyclic) bond motifs is 16. The van der Waals surface area contributed by atoms with Crippen molar-refractivity contribution in [1.82, 2.24) is 19.9 Å². The monoisotopic (exact) mass is 1740 g/mol. The molecule has 2 amide bonds. The van der Waals surface area contributed by atoms with Gasteiger partial charge in [0.05, 0.1) is 46.0 Å². The molecule has 0 bridgehead atoms. The van der Waals surface area contributed by atoms with Gasteiger partial charge < -0.3 is 41.9 Å². The van der Waals surface area contributed by atoms with Crippen molar-refractivity contribution >= 4 is 101 Å². The molecule has 22 heteroatoms. The summed E-state index contributed by atoms with van der Waals surface area (Å²) in [5.41, 5.74) is 32.5. The van der Waals surface area contributed by atoms with E-state index in [0.29, 0.717) is 105 Å². The second kappa shape index (κ2) is 32.2. The van der Waals surface area contributed by atoms with Gasteiger partial charge in [-0.1, -0.05) is 113 Å². The highest BCUT2D eigenvalue weighted by atomic mass is 16.5. The van der Waals surface area contributed by atoms with E-state index in [-0.39, 0.29) is 153 Å². The van der Waals surface area contributed by atoms with Crippen LogP contribution >= 0.6 is 0 Å². The summed E-state index contributed by atoms with van der Waals surface area (Å²) in [4.78, 5) is 145. The summed E-state index contributed by atoms with van der Waals surface area (Å²) < 4.78 is 25.9. The number of aromatic nitrogens is 4. The fourth-order valence-corrected chi connectivity index (χ4v) is 25.8. The number of hydrogen-bond acceptors (Lipinski definition) is 20.